The Balaban J connectivity index is 2.44. The first-order chi connectivity index (χ1) is 8.04. The van der Waals surface area contributed by atoms with Gasteiger partial charge in [-0.25, -0.2) is 0 Å². The van der Waals surface area contributed by atoms with Gasteiger partial charge in [-0.3, -0.25) is 9.69 Å². The van der Waals surface area contributed by atoms with E-state index < -0.39 is 0 Å². The van der Waals surface area contributed by atoms with Crippen molar-refractivity contribution in [3.63, 3.8) is 0 Å². The molecule has 0 aromatic carbocycles. The summed E-state index contributed by atoms with van der Waals surface area (Å²) in [6, 6.07) is 0.459. The Bertz CT molecular complexity index is 243. The van der Waals surface area contributed by atoms with Crippen molar-refractivity contribution in [3.8, 4) is 0 Å². The highest BCUT2D eigenvalue weighted by Crippen LogP contribution is 2.19. The minimum Gasteiger partial charge on any atom is -0.368 e. The van der Waals surface area contributed by atoms with Gasteiger partial charge in [0, 0.05) is 12.6 Å². The zero-order chi connectivity index (χ0) is 12.8. The molecule has 1 fully saturated rings. The van der Waals surface area contributed by atoms with Crippen LogP contribution >= 0.6 is 0 Å². The lowest BCUT2D eigenvalue weighted by molar-refractivity contribution is -0.124. The molecule has 1 saturated heterocycles. The smallest absolute Gasteiger partial charge is 0.234 e. The van der Waals surface area contributed by atoms with Gasteiger partial charge in [0.05, 0.1) is 6.04 Å². The summed E-state index contributed by atoms with van der Waals surface area (Å²) in [4.78, 5) is 13.6. The number of hydrogen-bond acceptors (Lipinski definition) is 3. The van der Waals surface area contributed by atoms with E-state index in [4.69, 9.17) is 5.73 Å². The summed E-state index contributed by atoms with van der Waals surface area (Å²) in [7, 11) is 0. The van der Waals surface area contributed by atoms with Crippen LogP contribution in [0.3, 0.4) is 0 Å². The molecule has 17 heavy (non-hydrogen) atoms. The average Bonchev–Trinajstić information content (AvgIpc) is 2.27. The van der Waals surface area contributed by atoms with E-state index in [0.29, 0.717) is 12.0 Å². The van der Waals surface area contributed by atoms with Gasteiger partial charge in [0.2, 0.25) is 5.91 Å². The molecule has 2 unspecified atom stereocenters. The number of likely N-dealkylation sites (tertiary alicyclic amines) is 1. The molecule has 1 amide bonds. The van der Waals surface area contributed by atoms with Crippen molar-refractivity contribution in [1.29, 1.82) is 0 Å². The Hall–Kier alpha value is -0.610. The van der Waals surface area contributed by atoms with Crippen LogP contribution in [0.4, 0.5) is 0 Å². The molecule has 1 aliphatic heterocycles. The molecule has 0 bridgehead atoms. The summed E-state index contributed by atoms with van der Waals surface area (Å²) in [5.74, 6) is 0.476. The van der Waals surface area contributed by atoms with Crippen molar-refractivity contribution in [3.05, 3.63) is 0 Å². The van der Waals surface area contributed by atoms with Gasteiger partial charge >= 0.3 is 0 Å². The van der Waals surface area contributed by atoms with E-state index in [1.165, 1.54) is 12.8 Å². The first kappa shape index (κ1) is 14.5. The summed E-state index contributed by atoms with van der Waals surface area (Å²) in [6.45, 7) is 9.42. The summed E-state index contributed by atoms with van der Waals surface area (Å²) in [5.41, 5.74) is 5.45. The Morgan fingerprint density at radius 2 is 2.24 bits per heavy atom. The third-order valence-corrected chi connectivity index (χ3v) is 3.52. The number of carbonyl (C=O) groups excluding carboxylic acids is 1. The molecule has 0 radical (unpaired) electrons. The molecule has 2 atom stereocenters. The van der Waals surface area contributed by atoms with E-state index in [9.17, 15) is 4.79 Å². The van der Waals surface area contributed by atoms with Crippen LogP contribution in [0.25, 0.3) is 0 Å². The number of primary amides is 1. The van der Waals surface area contributed by atoms with E-state index in [-0.39, 0.29) is 11.9 Å². The van der Waals surface area contributed by atoms with Gasteiger partial charge in [0.15, 0.2) is 0 Å². The van der Waals surface area contributed by atoms with E-state index in [0.717, 1.165) is 26.1 Å². The largest absolute Gasteiger partial charge is 0.368 e. The van der Waals surface area contributed by atoms with Gasteiger partial charge in [0.25, 0.3) is 0 Å². The summed E-state index contributed by atoms with van der Waals surface area (Å²) in [5, 5.41) is 3.48. The Morgan fingerprint density at radius 1 is 1.53 bits per heavy atom. The number of hydrogen-bond donors (Lipinski definition) is 2. The lowest BCUT2D eigenvalue weighted by atomic mass is 9.95. The molecule has 3 N–H and O–H groups in total. The monoisotopic (exact) mass is 241 g/mol. The van der Waals surface area contributed by atoms with Crippen molar-refractivity contribution < 1.29 is 4.79 Å². The second-order valence-electron chi connectivity index (χ2n) is 5.39. The highest BCUT2D eigenvalue weighted by molar-refractivity contribution is 5.79. The predicted octanol–water partition coefficient (Wildman–Crippen LogP) is 0.960. The molecule has 0 aromatic heterocycles. The second kappa shape index (κ2) is 6.97. The van der Waals surface area contributed by atoms with Crippen LogP contribution in [0.5, 0.6) is 0 Å². The molecule has 0 aliphatic carbocycles. The van der Waals surface area contributed by atoms with Crippen LogP contribution in [-0.2, 0) is 4.79 Å². The molecule has 4 nitrogen and oxygen atoms in total. The van der Waals surface area contributed by atoms with Gasteiger partial charge in [-0.1, -0.05) is 20.8 Å². The van der Waals surface area contributed by atoms with E-state index >= 15 is 0 Å². The maximum absolute atomic E-state index is 11.4. The van der Waals surface area contributed by atoms with Gasteiger partial charge in [0.1, 0.15) is 0 Å². The van der Waals surface area contributed by atoms with Crippen molar-refractivity contribution in [2.24, 2.45) is 11.7 Å². The van der Waals surface area contributed by atoms with Crippen LogP contribution in [0.15, 0.2) is 0 Å². The topological polar surface area (TPSA) is 58.4 Å². The quantitative estimate of drug-likeness (QED) is 0.728. The minimum atomic E-state index is -0.176. The number of rotatable bonds is 6. The van der Waals surface area contributed by atoms with Gasteiger partial charge in [-0.15, -0.1) is 0 Å². The standard InChI is InChI=1S/C13H27N3O/c1-4-12(13(14)17)16-7-5-6-11(9-16)8-15-10(2)3/h10-12,15H,4-9H2,1-3H3,(H2,14,17). The first-order valence-corrected chi connectivity index (χ1v) is 6.81. The highest BCUT2D eigenvalue weighted by atomic mass is 16.1. The molecule has 0 aromatic rings. The number of nitrogens with zero attached hydrogens (tertiary/aromatic N) is 1. The first-order valence-electron chi connectivity index (χ1n) is 6.81. The van der Waals surface area contributed by atoms with Crippen LogP contribution in [0, 0.1) is 5.92 Å². The second-order valence-corrected chi connectivity index (χ2v) is 5.39. The van der Waals surface area contributed by atoms with Crippen LogP contribution < -0.4 is 11.1 Å². The molecule has 0 saturated carbocycles. The summed E-state index contributed by atoms with van der Waals surface area (Å²) < 4.78 is 0. The third-order valence-electron chi connectivity index (χ3n) is 3.52. The molecule has 1 rings (SSSR count). The van der Waals surface area contributed by atoms with Crippen molar-refractivity contribution in [2.75, 3.05) is 19.6 Å². The van der Waals surface area contributed by atoms with Crippen LogP contribution in [-0.4, -0.2) is 42.5 Å². The van der Waals surface area contributed by atoms with Gasteiger partial charge in [-0.2, -0.15) is 0 Å². The Kier molecular flexibility index (Phi) is 5.92. The van der Waals surface area contributed by atoms with E-state index in [1.807, 2.05) is 6.92 Å². The Morgan fingerprint density at radius 3 is 2.76 bits per heavy atom. The lowest BCUT2D eigenvalue weighted by Crippen LogP contribution is -2.50. The molecule has 1 heterocycles. The molecule has 4 heteroatoms. The van der Waals surface area contributed by atoms with Crippen LogP contribution in [0.2, 0.25) is 0 Å². The van der Waals surface area contributed by atoms with E-state index in [2.05, 4.69) is 24.1 Å². The molecule has 1 aliphatic rings. The summed E-state index contributed by atoms with van der Waals surface area (Å²) in [6.07, 6.45) is 3.25. The fourth-order valence-electron chi connectivity index (χ4n) is 2.59. The minimum absolute atomic E-state index is 0.0724. The average molecular weight is 241 g/mol. The van der Waals surface area contributed by atoms with Crippen molar-refractivity contribution >= 4 is 5.91 Å². The molecule has 100 valence electrons. The van der Waals surface area contributed by atoms with Crippen molar-refractivity contribution in [2.45, 2.75) is 52.1 Å². The maximum atomic E-state index is 11.4. The number of amides is 1. The number of carbonyl (C=O) groups is 1. The SMILES string of the molecule is CCC(C(N)=O)N1CCCC(CNC(C)C)C1. The third kappa shape index (κ3) is 4.64. The molecular formula is C13H27N3O. The predicted molar refractivity (Wildman–Crippen MR) is 70.7 cm³/mol. The zero-order valence-corrected chi connectivity index (χ0v) is 11.4. The van der Waals surface area contributed by atoms with E-state index in [1.54, 1.807) is 0 Å². The molecular weight excluding hydrogens is 214 g/mol. The normalized spacial score (nSPS) is 23.9. The van der Waals surface area contributed by atoms with Gasteiger partial charge < -0.3 is 11.1 Å². The lowest BCUT2D eigenvalue weighted by Gasteiger charge is -2.37. The number of nitrogens with one attached hydrogen (secondary N) is 1. The fourth-order valence-corrected chi connectivity index (χ4v) is 2.59. The maximum Gasteiger partial charge on any atom is 0.234 e. The number of nitrogens with two attached hydrogens (primary N) is 1. The fraction of sp³-hybridized carbons (Fsp3) is 0.923. The zero-order valence-electron chi connectivity index (χ0n) is 11.4. The van der Waals surface area contributed by atoms with Crippen LogP contribution in [0.1, 0.15) is 40.0 Å². The van der Waals surface area contributed by atoms with Gasteiger partial charge in [-0.05, 0) is 38.3 Å². The molecule has 0 spiro atoms. The van der Waals surface area contributed by atoms with Crippen molar-refractivity contribution in [1.82, 2.24) is 10.2 Å². The highest BCUT2D eigenvalue weighted by Gasteiger charge is 2.27. The number of piperidine rings is 1. The summed E-state index contributed by atoms with van der Waals surface area (Å²) >= 11 is 0. The Labute approximate surface area is 105 Å².